The highest BCUT2D eigenvalue weighted by Crippen LogP contribution is 2.22. The van der Waals surface area contributed by atoms with Crippen LogP contribution in [-0.2, 0) is 13.0 Å². The van der Waals surface area contributed by atoms with E-state index in [0.29, 0.717) is 11.6 Å². The first-order valence-electron chi connectivity index (χ1n) is 8.89. The summed E-state index contributed by atoms with van der Waals surface area (Å²) < 4.78 is 0. The number of nitrogens with one attached hydrogen (secondary N) is 1. The first kappa shape index (κ1) is 17.5. The average Bonchev–Trinajstić information content (AvgIpc) is 2.87. The number of amides is 1. The number of nitrogens with zero attached hydrogens (tertiary/aromatic N) is 4. The first-order chi connectivity index (χ1) is 12.2. The van der Waals surface area contributed by atoms with Crippen molar-refractivity contribution in [3.05, 3.63) is 53.9 Å². The SMILES string of the molecule is CNC(=O)c1cc(C[C@H]2CCCN(Cc3cccnc3)CC2)ncn1. The van der Waals surface area contributed by atoms with E-state index >= 15 is 0 Å². The van der Waals surface area contributed by atoms with Gasteiger partial charge in [-0.25, -0.2) is 9.97 Å². The molecule has 0 aliphatic carbocycles. The summed E-state index contributed by atoms with van der Waals surface area (Å²) in [6.07, 6.45) is 9.71. The van der Waals surface area contributed by atoms with Crippen molar-refractivity contribution >= 4 is 5.91 Å². The summed E-state index contributed by atoms with van der Waals surface area (Å²) in [6.45, 7) is 3.18. The molecule has 1 N–H and O–H groups in total. The largest absolute Gasteiger partial charge is 0.354 e. The fraction of sp³-hybridized carbons (Fsp3) is 0.474. The summed E-state index contributed by atoms with van der Waals surface area (Å²) in [7, 11) is 1.62. The van der Waals surface area contributed by atoms with Crippen LogP contribution < -0.4 is 5.32 Å². The minimum absolute atomic E-state index is 0.160. The van der Waals surface area contributed by atoms with Gasteiger partial charge in [0.05, 0.1) is 0 Å². The average molecular weight is 339 g/mol. The number of hydrogen-bond donors (Lipinski definition) is 1. The van der Waals surface area contributed by atoms with Crippen LogP contribution in [0, 0.1) is 5.92 Å². The molecule has 0 bridgehead atoms. The van der Waals surface area contributed by atoms with Gasteiger partial charge in [0.25, 0.3) is 5.91 Å². The van der Waals surface area contributed by atoms with Crippen LogP contribution in [0.2, 0.25) is 0 Å². The fourth-order valence-electron chi connectivity index (χ4n) is 3.39. The Hall–Kier alpha value is -2.34. The number of carbonyl (C=O) groups excluding carboxylic acids is 1. The maximum atomic E-state index is 11.7. The molecule has 0 saturated carbocycles. The molecule has 1 amide bonds. The number of likely N-dealkylation sites (tertiary alicyclic amines) is 1. The van der Waals surface area contributed by atoms with Crippen molar-refractivity contribution < 1.29 is 4.79 Å². The molecule has 1 atom stereocenters. The minimum atomic E-state index is -0.160. The third kappa shape index (κ3) is 5.06. The van der Waals surface area contributed by atoms with Crippen LogP contribution in [0.4, 0.5) is 0 Å². The summed E-state index contributed by atoms with van der Waals surface area (Å²) in [5.74, 6) is 0.443. The molecule has 0 aromatic carbocycles. The minimum Gasteiger partial charge on any atom is -0.354 e. The van der Waals surface area contributed by atoms with E-state index in [1.807, 2.05) is 24.5 Å². The highest BCUT2D eigenvalue weighted by Gasteiger charge is 2.18. The number of hydrogen-bond acceptors (Lipinski definition) is 5. The lowest BCUT2D eigenvalue weighted by Gasteiger charge is -2.20. The number of rotatable bonds is 5. The Balaban J connectivity index is 1.55. The Morgan fingerprint density at radius 2 is 2.24 bits per heavy atom. The molecule has 0 radical (unpaired) electrons. The molecule has 0 unspecified atom stereocenters. The standard InChI is InChI=1S/C19H25N5O/c1-20-19(25)18-11-17(22-14-23-18)10-15-5-3-8-24(9-6-15)13-16-4-2-7-21-12-16/h2,4,7,11-12,14-15H,3,5-6,8-10,13H2,1H3,(H,20,25)/t15-/m0/s1. The van der Waals surface area contributed by atoms with Crippen LogP contribution in [-0.4, -0.2) is 45.9 Å². The molecule has 6 nitrogen and oxygen atoms in total. The van der Waals surface area contributed by atoms with Crippen molar-refractivity contribution in [2.45, 2.75) is 32.2 Å². The van der Waals surface area contributed by atoms with Gasteiger partial charge in [-0.05, 0) is 62.4 Å². The smallest absolute Gasteiger partial charge is 0.269 e. The van der Waals surface area contributed by atoms with Crippen molar-refractivity contribution in [1.82, 2.24) is 25.2 Å². The summed E-state index contributed by atoms with van der Waals surface area (Å²) in [4.78, 5) is 26.8. The van der Waals surface area contributed by atoms with E-state index in [2.05, 4.69) is 31.2 Å². The van der Waals surface area contributed by atoms with Gasteiger partial charge in [-0.3, -0.25) is 14.7 Å². The molecule has 3 rings (SSSR count). The topological polar surface area (TPSA) is 71.0 Å². The molecule has 132 valence electrons. The second kappa shape index (κ2) is 8.67. The van der Waals surface area contributed by atoms with Crippen molar-refractivity contribution in [2.24, 2.45) is 5.92 Å². The highest BCUT2D eigenvalue weighted by molar-refractivity contribution is 5.91. The van der Waals surface area contributed by atoms with Gasteiger partial charge in [-0.15, -0.1) is 0 Å². The van der Waals surface area contributed by atoms with Crippen molar-refractivity contribution in [2.75, 3.05) is 20.1 Å². The third-order valence-electron chi connectivity index (χ3n) is 4.75. The maximum absolute atomic E-state index is 11.7. The van der Waals surface area contributed by atoms with E-state index in [1.54, 1.807) is 7.05 Å². The molecule has 3 heterocycles. The lowest BCUT2D eigenvalue weighted by Crippen LogP contribution is -2.24. The van der Waals surface area contributed by atoms with Gasteiger partial charge in [0.1, 0.15) is 12.0 Å². The number of aromatic nitrogens is 3. The second-order valence-electron chi connectivity index (χ2n) is 6.61. The van der Waals surface area contributed by atoms with Gasteiger partial charge in [-0.1, -0.05) is 6.07 Å². The van der Waals surface area contributed by atoms with E-state index in [-0.39, 0.29) is 5.91 Å². The fourth-order valence-corrected chi connectivity index (χ4v) is 3.39. The van der Waals surface area contributed by atoms with Crippen molar-refractivity contribution in [3.63, 3.8) is 0 Å². The number of pyridine rings is 1. The molecule has 25 heavy (non-hydrogen) atoms. The van der Waals surface area contributed by atoms with E-state index in [4.69, 9.17) is 0 Å². The van der Waals surface area contributed by atoms with Crippen molar-refractivity contribution in [3.8, 4) is 0 Å². The summed E-state index contributed by atoms with van der Waals surface area (Å²) in [6, 6.07) is 5.95. The highest BCUT2D eigenvalue weighted by atomic mass is 16.1. The Labute approximate surface area is 148 Å². The summed E-state index contributed by atoms with van der Waals surface area (Å²) >= 11 is 0. The van der Waals surface area contributed by atoms with Crippen molar-refractivity contribution in [1.29, 1.82) is 0 Å². The van der Waals surface area contributed by atoms with E-state index in [9.17, 15) is 4.79 Å². The predicted octanol–water partition coefficient (Wildman–Crippen LogP) is 2.08. The second-order valence-corrected chi connectivity index (χ2v) is 6.61. The number of carbonyl (C=O) groups is 1. The van der Waals surface area contributed by atoms with Crippen LogP contribution in [0.15, 0.2) is 36.9 Å². The predicted molar refractivity (Wildman–Crippen MR) is 96.0 cm³/mol. The zero-order chi connectivity index (χ0) is 17.5. The van der Waals surface area contributed by atoms with Gasteiger partial charge < -0.3 is 5.32 Å². The summed E-state index contributed by atoms with van der Waals surface area (Å²) in [5.41, 5.74) is 2.67. The van der Waals surface area contributed by atoms with Gasteiger partial charge in [-0.2, -0.15) is 0 Å². The molecule has 2 aromatic rings. The molecular weight excluding hydrogens is 314 g/mol. The monoisotopic (exact) mass is 339 g/mol. The zero-order valence-electron chi connectivity index (χ0n) is 14.7. The molecule has 2 aromatic heterocycles. The van der Waals surface area contributed by atoms with Crippen LogP contribution in [0.1, 0.15) is 41.0 Å². The third-order valence-corrected chi connectivity index (χ3v) is 4.75. The van der Waals surface area contributed by atoms with Crippen LogP contribution in [0.5, 0.6) is 0 Å². The first-order valence-corrected chi connectivity index (χ1v) is 8.89. The normalized spacial score (nSPS) is 18.5. The van der Waals surface area contributed by atoms with Gasteiger partial charge in [0.2, 0.25) is 0 Å². The Kier molecular flexibility index (Phi) is 6.06. The van der Waals surface area contributed by atoms with Crippen LogP contribution in [0.3, 0.4) is 0 Å². The lowest BCUT2D eigenvalue weighted by atomic mass is 9.95. The Morgan fingerprint density at radius 3 is 3.04 bits per heavy atom. The summed E-state index contributed by atoms with van der Waals surface area (Å²) in [5, 5.41) is 2.61. The van der Waals surface area contributed by atoms with Crippen LogP contribution in [0.25, 0.3) is 0 Å². The quantitative estimate of drug-likeness (QED) is 0.903. The Morgan fingerprint density at radius 1 is 1.32 bits per heavy atom. The van der Waals surface area contributed by atoms with Crippen LogP contribution >= 0.6 is 0 Å². The van der Waals surface area contributed by atoms with E-state index in [1.165, 1.54) is 24.7 Å². The molecule has 1 aliphatic heterocycles. The zero-order valence-corrected chi connectivity index (χ0v) is 14.7. The molecule has 1 saturated heterocycles. The van der Waals surface area contributed by atoms with Gasteiger partial charge in [0.15, 0.2) is 0 Å². The molecule has 6 heteroatoms. The lowest BCUT2D eigenvalue weighted by molar-refractivity contribution is 0.0958. The van der Waals surface area contributed by atoms with E-state index in [0.717, 1.165) is 38.2 Å². The molecular formula is C19H25N5O. The Bertz CT molecular complexity index is 691. The van der Waals surface area contributed by atoms with Gasteiger partial charge in [0, 0.05) is 31.7 Å². The van der Waals surface area contributed by atoms with E-state index < -0.39 is 0 Å². The molecule has 1 aliphatic rings. The maximum Gasteiger partial charge on any atom is 0.269 e. The molecule has 0 spiro atoms. The van der Waals surface area contributed by atoms with Gasteiger partial charge >= 0.3 is 0 Å². The molecule has 1 fully saturated rings.